The van der Waals surface area contributed by atoms with Gasteiger partial charge in [-0.25, -0.2) is 4.79 Å². The fraction of sp³-hybridized carbons (Fsp3) is 0.500. The number of hydrogen-bond donors (Lipinski definition) is 2. The maximum Gasteiger partial charge on any atom is 0.332 e. The molecule has 1 aliphatic heterocycles. The second kappa shape index (κ2) is 5.96. The zero-order valence-electron chi connectivity index (χ0n) is 12.4. The van der Waals surface area contributed by atoms with Crippen molar-refractivity contribution in [3.8, 4) is 5.75 Å². The molecule has 6 heteroatoms. The van der Waals surface area contributed by atoms with Crippen molar-refractivity contribution >= 4 is 11.9 Å². The first kappa shape index (κ1) is 14.8. The van der Waals surface area contributed by atoms with Crippen molar-refractivity contribution in [1.82, 2.24) is 5.32 Å². The van der Waals surface area contributed by atoms with Crippen molar-refractivity contribution in [3.05, 3.63) is 29.3 Å². The number of carbonyl (C=O) groups is 2. The van der Waals surface area contributed by atoms with E-state index >= 15 is 0 Å². The van der Waals surface area contributed by atoms with Crippen LogP contribution in [0.5, 0.6) is 5.75 Å². The minimum Gasteiger partial charge on any atom is -0.496 e. The maximum atomic E-state index is 12.3. The molecular weight excluding hydrogens is 286 g/mol. The van der Waals surface area contributed by atoms with E-state index in [1.807, 2.05) is 18.2 Å². The van der Waals surface area contributed by atoms with E-state index in [1.165, 1.54) is 0 Å². The van der Waals surface area contributed by atoms with Gasteiger partial charge in [-0.3, -0.25) is 4.79 Å². The van der Waals surface area contributed by atoms with Crippen LogP contribution in [0.1, 0.15) is 36.4 Å². The van der Waals surface area contributed by atoms with Gasteiger partial charge >= 0.3 is 5.97 Å². The van der Waals surface area contributed by atoms with E-state index in [1.54, 1.807) is 7.11 Å². The number of nitrogens with one attached hydrogen (secondary N) is 1. The number of rotatable bonds is 4. The van der Waals surface area contributed by atoms with Gasteiger partial charge < -0.3 is 19.9 Å². The number of ether oxygens (including phenoxy) is 2. The Morgan fingerprint density at radius 2 is 2.05 bits per heavy atom. The first-order valence-corrected chi connectivity index (χ1v) is 7.44. The molecule has 0 aromatic heterocycles. The zero-order valence-corrected chi connectivity index (χ0v) is 12.4. The molecule has 1 fully saturated rings. The summed E-state index contributed by atoms with van der Waals surface area (Å²) in [6.45, 7) is 0. The lowest BCUT2D eigenvalue weighted by atomic mass is 10.1. The Morgan fingerprint density at radius 1 is 1.27 bits per heavy atom. The van der Waals surface area contributed by atoms with Crippen LogP contribution in [0.4, 0.5) is 0 Å². The first-order chi connectivity index (χ1) is 10.6. The highest BCUT2D eigenvalue weighted by molar-refractivity contribution is 5.83. The minimum absolute atomic E-state index is 0.0647. The molecular formula is C16H19NO5. The van der Waals surface area contributed by atoms with Crippen LogP contribution in [0, 0.1) is 0 Å². The number of carbonyl (C=O) groups excluding carboxylic acids is 1. The van der Waals surface area contributed by atoms with Gasteiger partial charge in [-0.2, -0.15) is 0 Å². The Labute approximate surface area is 128 Å². The molecule has 1 unspecified atom stereocenters. The number of aliphatic carboxylic acids is 1. The Bertz CT molecular complexity index is 600. The second-order valence-corrected chi connectivity index (χ2v) is 5.66. The van der Waals surface area contributed by atoms with Crippen molar-refractivity contribution in [3.63, 3.8) is 0 Å². The van der Waals surface area contributed by atoms with Crippen LogP contribution in [-0.2, 0) is 20.7 Å². The molecule has 2 aliphatic rings. The highest BCUT2D eigenvalue weighted by atomic mass is 16.5. The number of benzene rings is 1. The fourth-order valence-corrected chi connectivity index (χ4v) is 3.24. The standard InChI is InChI=1S/C16H19NO5/c1-21-12-4-2-3-9-10(12)5-6-11(9)17-15(18)13-7-8-14(22-13)16(19)20/h2-4,11,13-14H,5-8H2,1H3,(H,17,18)(H,19,20)/t11?,13-,14+/m0/s1. The highest BCUT2D eigenvalue weighted by Gasteiger charge is 2.36. The predicted molar refractivity (Wildman–Crippen MR) is 77.7 cm³/mol. The summed E-state index contributed by atoms with van der Waals surface area (Å²) in [7, 11) is 1.64. The van der Waals surface area contributed by atoms with Crippen LogP contribution < -0.4 is 10.1 Å². The molecule has 1 heterocycles. The summed E-state index contributed by atoms with van der Waals surface area (Å²) in [5.74, 6) is -0.395. The summed E-state index contributed by atoms with van der Waals surface area (Å²) in [6.07, 6.45) is 0.954. The van der Waals surface area contributed by atoms with Crippen LogP contribution in [0.3, 0.4) is 0 Å². The number of fused-ring (bicyclic) bond motifs is 1. The Hall–Kier alpha value is -2.08. The van der Waals surface area contributed by atoms with E-state index in [2.05, 4.69) is 5.32 Å². The number of amides is 1. The predicted octanol–water partition coefficient (Wildman–Crippen LogP) is 1.43. The second-order valence-electron chi connectivity index (χ2n) is 5.66. The summed E-state index contributed by atoms with van der Waals surface area (Å²) >= 11 is 0. The van der Waals surface area contributed by atoms with Crippen LogP contribution >= 0.6 is 0 Å². The number of carboxylic acids is 1. The van der Waals surface area contributed by atoms with Gasteiger partial charge in [0.25, 0.3) is 0 Å². The topological polar surface area (TPSA) is 84.9 Å². The molecule has 3 rings (SSSR count). The number of hydrogen-bond acceptors (Lipinski definition) is 4. The number of carboxylic acid groups (broad SMARTS) is 1. The molecule has 6 nitrogen and oxygen atoms in total. The van der Waals surface area contributed by atoms with Gasteiger partial charge in [0.05, 0.1) is 13.2 Å². The van der Waals surface area contributed by atoms with Crippen molar-refractivity contribution in [2.24, 2.45) is 0 Å². The molecule has 1 saturated heterocycles. The Balaban J connectivity index is 1.66. The molecule has 0 spiro atoms. The summed E-state index contributed by atoms with van der Waals surface area (Å²) in [4.78, 5) is 23.2. The fourth-order valence-electron chi connectivity index (χ4n) is 3.24. The van der Waals surface area contributed by atoms with Crippen LogP contribution in [0.25, 0.3) is 0 Å². The van der Waals surface area contributed by atoms with Crippen LogP contribution in [0.2, 0.25) is 0 Å². The molecule has 0 bridgehead atoms. The Kier molecular flexibility index (Phi) is 4.02. The average Bonchev–Trinajstić information content (AvgIpc) is 3.14. The van der Waals surface area contributed by atoms with E-state index < -0.39 is 18.2 Å². The van der Waals surface area contributed by atoms with Gasteiger partial charge in [-0.05, 0) is 42.9 Å². The molecule has 0 radical (unpaired) electrons. The largest absolute Gasteiger partial charge is 0.496 e. The first-order valence-electron chi connectivity index (χ1n) is 7.44. The zero-order chi connectivity index (χ0) is 15.7. The lowest BCUT2D eigenvalue weighted by molar-refractivity contribution is -0.151. The molecule has 0 saturated carbocycles. The van der Waals surface area contributed by atoms with Gasteiger partial charge in [0, 0.05) is 0 Å². The SMILES string of the molecule is COc1cccc2c1CCC2NC(=O)[C@@H]1CC[C@H](C(=O)O)O1. The third-order valence-electron chi connectivity index (χ3n) is 4.35. The summed E-state index contributed by atoms with van der Waals surface area (Å²) < 4.78 is 10.6. The van der Waals surface area contributed by atoms with E-state index in [0.29, 0.717) is 12.8 Å². The van der Waals surface area contributed by atoms with Gasteiger partial charge in [0.15, 0.2) is 6.10 Å². The van der Waals surface area contributed by atoms with Crippen molar-refractivity contribution < 1.29 is 24.2 Å². The highest BCUT2D eigenvalue weighted by Crippen LogP contribution is 2.37. The molecule has 1 aromatic rings. The average molecular weight is 305 g/mol. The molecule has 1 aliphatic carbocycles. The lowest BCUT2D eigenvalue weighted by Crippen LogP contribution is -2.37. The van der Waals surface area contributed by atoms with Crippen LogP contribution in [0.15, 0.2) is 18.2 Å². The summed E-state index contributed by atoms with van der Waals surface area (Å²) in [5, 5.41) is 11.9. The molecule has 22 heavy (non-hydrogen) atoms. The third-order valence-corrected chi connectivity index (χ3v) is 4.35. The lowest BCUT2D eigenvalue weighted by Gasteiger charge is -2.18. The molecule has 3 atom stereocenters. The normalized spacial score (nSPS) is 26.5. The van der Waals surface area contributed by atoms with Gasteiger partial charge in [0.1, 0.15) is 11.9 Å². The minimum atomic E-state index is -1.01. The molecule has 2 N–H and O–H groups in total. The Morgan fingerprint density at radius 3 is 2.73 bits per heavy atom. The van der Waals surface area contributed by atoms with Gasteiger partial charge in [-0.1, -0.05) is 12.1 Å². The van der Waals surface area contributed by atoms with E-state index in [4.69, 9.17) is 14.6 Å². The summed E-state index contributed by atoms with van der Waals surface area (Å²) in [5.41, 5.74) is 2.20. The van der Waals surface area contributed by atoms with Gasteiger partial charge in [-0.15, -0.1) is 0 Å². The van der Waals surface area contributed by atoms with Crippen molar-refractivity contribution in [2.45, 2.75) is 43.9 Å². The van der Waals surface area contributed by atoms with Gasteiger partial charge in [0.2, 0.25) is 5.91 Å². The number of methoxy groups -OCH3 is 1. The maximum absolute atomic E-state index is 12.3. The monoisotopic (exact) mass is 305 g/mol. The summed E-state index contributed by atoms with van der Waals surface area (Å²) in [6, 6.07) is 5.76. The van der Waals surface area contributed by atoms with Crippen LogP contribution in [-0.4, -0.2) is 36.3 Å². The molecule has 1 aromatic carbocycles. The van der Waals surface area contributed by atoms with Crippen molar-refractivity contribution in [2.75, 3.05) is 7.11 Å². The smallest absolute Gasteiger partial charge is 0.332 e. The quantitative estimate of drug-likeness (QED) is 0.879. The van der Waals surface area contributed by atoms with E-state index in [-0.39, 0.29) is 11.9 Å². The molecule has 1 amide bonds. The van der Waals surface area contributed by atoms with E-state index in [9.17, 15) is 9.59 Å². The van der Waals surface area contributed by atoms with Crippen molar-refractivity contribution in [1.29, 1.82) is 0 Å². The van der Waals surface area contributed by atoms with E-state index in [0.717, 1.165) is 29.7 Å². The third kappa shape index (κ3) is 2.66. The molecule has 118 valence electrons.